The molecule has 7 nitrogen and oxygen atoms in total. The predicted octanol–water partition coefficient (Wildman–Crippen LogP) is 3.09. The van der Waals surface area contributed by atoms with Crippen molar-refractivity contribution in [2.45, 2.75) is 0 Å². The van der Waals surface area contributed by atoms with Crippen molar-refractivity contribution < 1.29 is 9.66 Å². The van der Waals surface area contributed by atoms with Crippen LogP contribution in [-0.2, 0) is 0 Å². The van der Waals surface area contributed by atoms with Crippen LogP contribution in [0.4, 0.5) is 23.0 Å². The number of methoxy groups -OCH3 is 1. The molecule has 0 aliphatic rings. The number of benzene rings is 1. The molecule has 0 aliphatic carbocycles. The zero-order valence-electron chi connectivity index (χ0n) is 10.5. The number of nitrogens with two attached hydrogens (primary N) is 1. The minimum absolute atomic E-state index is 0.0615. The number of hydrogen-bond donors (Lipinski definition) is 2. The molecule has 0 amide bonds. The van der Waals surface area contributed by atoms with Crippen LogP contribution in [0, 0.1) is 10.1 Å². The monoisotopic (exact) mass is 338 g/mol. The number of pyridine rings is 1. The maximum atomic E-state index is 11.0. The molecule has 0 spiro atoms. The third-order valence-electron chi connectivity index (χ3n) is 2.51. The standard InChI is InChI=1S/C12H11BrN4O3/c1-20-10-4-2-7(13)6-8(10)15-12-9(17(18)19)3-5-11(14)16-12/h2-6H,1H3,(H3,14,15,16). The molecule has 20 heavy (non-hydrogen) atoms. The van der Waals surface area contributed by atoms with Crippen LogP contribution in [0.25, 0.3) is 0 Å². The Balaban J connectivity index is 2.46. The van der Waals surface area contributed by atoms with Crippen LogP contribution in [0.2, 0.25) is 0 Å². The van der Waals surface area contributed by atoms with Gasteiger partial charge in [0.1, 0.15) is 11.6 Å². The summed E-state index contributed by atoms with van der Waals surface area (Å²) >= 11 is 3.33. The summed E-state index contributed by atoms with van der Waals surface area (Å²) < 4.78 is 5.99. The average Bonchev–Trinajstić information content (AvgIpc) is 2.38. The van der Waals surface area contributed by atoms with Gasteiger partial charge in [-0.25, -0.2) is 4.98 Å². The van der Waals surface area contributed by atoms with Crippen LogP contribution in [0.1, 0.15) is 0 Å². The number of nitrogens with zero attached hydrogens (tertiary/aromatic N) is 2. The molecule has 0 atom stereocenters. The average molecular weight is 339 g/mol. The summed E-state index contributed by atoms with van der Waals surface area (Å²) in [7, 11) is 1.51. The zero-order chi connectivity index (χ0) is 14.7. The third-order valence-corrected chi connectivity index (χ3v) is 3.00. The first-order valence-electron chi connectivity index (χ1n) is 5.52. The van der Waals surface area contributed by atoms with E-state index < -0.39 is 4.92 Å². The fourth-order valence-electron chi connectivity index (χ4n) is 1.61. The van der Waals surface area contributed by atoms with E-state index in [-0.39, 0.29) is 17.3 Å². The molecular formula is C12H11BrN4O3. The lowest BCUT2D eigenvalue weighted by Crippen LogP contribution is -2.03. The molecule has 0 saturated carbocycles. The molecule has 1 aromatic heterocycles. The Morgan fingerprint density at radius 2 is 2.15 bits per heavy atom. The molecule has 0 bridgehead atoms. The van der Waals surface area contributed by atoms with Gasteiger partial charge in [0.05, 0.1) is 17.7 Å². The van der Waals surface area contributed by atoms with Crippen molar-refractivity contribution in [1.29, 1.82) is 0 Å². The highest BCUT2D eigenvalue weighted by Gasteiger charge is 2.17. The number of nitro groups is 1. The molecule has 8 heteroatoms. The second-order valence-electron chi connectivity index (χ2n) is 3.83. The fraction of sp³-hybridized carbons (Fsp3) is 0.0833. The topological polar surface area (TPSA) is 103 Å². The second-order valence-corrected chi connectivity index (χ2v) is 4.75. The molecule has 1 aromatic carbocycles. The largest absolute Gasteiger partial charge is 0.495 e. The Morgan fingerprint density at radius 1 is 1.40 bits per heavy atom. The Kier molecular flexibility index (Phi) is 4.04. The summed E-state index contributed by atoms with van der Waals surface area (Å²) in [6.45, 7) is 0. The van der Waals surface area contributed by atoms with Gasteiger partial charge >= 0.3 is 5.69 Å². The van der Waals surface area contributed by atoms with Gasteiger partial charge in [-0.05, 0) is 24.3 Å². The minimum Gasteiger partial charge on any atom is -0.495 e. The van der Waals surface area contributed by atoms with E-state index in [4.69, 9.17) is 10.5 Å². The molecule has 3 N–H and O–H groups in total. The smallest absolute Gasteiger partial charge is 0.311 e. The van der Waals surface area contributed by atoms with E-state index in [1.54, 1.807) is 18.2 Å². The van der Waals surface area contributed by atoms with Crippen LogP contribution in [-0.4, -0.2) is 17.0 Å². The van der Waals surface area contributed by atoms with Gasteiger partial charge in [0.15, 0.2) is 0 Å². The number of anilines is 3. The minimum atomic E-state index is -0.529. The lowest BCUT2D eigenvalue weighted by Gasteiger charge is -2.11. The summed E-state index contributed by atoms with van der Waals surface area (Å²) in [5.74, 6) is 0.783. The molecule has 2 rings (SSSR count). The summed E-state index contributed by atoms with van der Waals surface area (Å²) in [5.41, 5.74) is 5.95. The Morgan fingerprint density at radius 3 is 2.80 bits per heavy atom. The number of halogens is 1. The lowest BCUT2D eigenvalue weighted by atomic mass is 10.3. The number of aromatic nitrogens is 1. The Labute approximate surface area is 123 Å². The summed E-state index contributed by atoms with van der Waals surface area (Å²) in [5, 5.41) is 13.9. The van der Waals surface area contributed by atoms with E-state index >= 15 is 0 Å². The fourth-order valence-corrected chi connectivity index (χ4v) is 1.97. The van der Waals surface area contributed by atoms with Crippen molar-refractivity contribution in [2.75, 3.05) is 18.2 Å². The maximum absolute atomic E-state index is 11.0. The van der Waals surface area contributed by atoms with Gasteiger partial charge in [-0.3, -0.25) is 10.1 Å². The maximum Gasteiger partial charge on any atom is 0.311 e. The first-order chi connectivity index (χ1) is 9.51. The molecule has 1 heterocycles. The van der Waals surface area contributed by atoms with Crippen molar-refractivity contribution in [2.24, 2.45) is 0 Å². The van der Waals surface area contributed by atoms with Gasteiger partial charge in [-0.15, -0.1) is 0 Å². The van der Waals surface area contributed by atoms with E-state index in [9.17, 15) is 10.1 Å². The molecule has 0 aliphatic heterocycles. The summed E-state index contributed by atoms with van der Waals surface area (Å²) in [6, 6.07) is 7.93. The summed E-state index contributed by atoms with van der Waals surface area (Å²) in [6.07, 6.45) is 0. The number of ether oxygens (including phenoxy) is 1. The molecule has 104 valence electrons. The van der Waals surface area contributed by atoms with E-state index in [0.29, 0.717) is 11.4 Å². The van der Waals surface area contributed by atoms with Crippen LogP contribution < -0.4 is 15.8 Å². The highest BCUT2D eigenvalue weighted by Crippen LogP contribution is 2.33. The highest BCUT2D eigenvalue weighted by atomic mass is 79.9. The van der Waals surface area contributed by atoms with Crippen LogP contribution in [0.15, 0.2) is 34.8 Å². The number of rotatable bonds is 4. The summed E-state index contributed by atoms with van der Waals surface area (Å²) in [4.78, 5) is 14.4. The van der Waals surface area contributed by atoms with Gasteiger partial charge in [0.2, 0.25) is 5.82 Å². The van der Waals surface area contributed by atoms with Crippen LogP contribution in [0.5, 0.6) is 5.75 Å². The van der Waals surface area contributed by atoms with E-state index in [1.165, 1.54) is 19.2 Å². The molecule has 0 saturated heterocycles. The van der Waals surface area contributed by atoms with Gasteiger partial charge in [-0.2, -0.15) is 0 Å². The van der Waals surface area contributed by atoms with Crippen molar-refractivity contribution in [3.05, 3.63) is 44.9 Å². The van der Waals surface area contributed by atoms with Gasteiger partial charge in [0, 0.05) is 10.5 Å². The molecule has 0 radical (unpaired) electrons. The van der Waals surface area contributed by atoms with Crippen LogP contribution in [0.3, 0.4) is 0 Å². The van der Waals surface area contributed by atoms with E-state index in [2.05, 4.69) is 26.2 Å². The first-order valence-corrected chi connectivity index (χ1v) is 6.32. The van der Waals surface area contributed by atoms with E-state index in [1.807, 2.05) is 0 Å². The Hall–Kier alpha value is -2.35. The van der Waals surface area contributed by atoms with Gasteiger partial charge in [-0.1, -0.05) is 15.9 Å². The highest BCUT2D eigenvalue weighted by molar-refractivity contribution is 9.10. The van der Waals surface area contributed by atoms with Crippen molar-refractivity contribution in [3.8, 4) is 5.75 Å². The predicted molar refractivity (Wildman–Crippen MR) is 79.3 cm³/mol. The van der Waals surface area contributed by atoms with Gasteiger partial charge in [0.25, 0.3) is 0 Å². The van der Waals surface area contributed by atoms with Gasteiger partial charge < -0.3 is 15.8 Å². The lowest BCUT2D eigenvalue weighted by molar-refractivity contribution is -0.384. The quantitative estimate of drug-likeness (QED) is 0.655. The van der Waals surface area contributed by atoms with Crippen molar-refractivity contribution in [3.63, 3.8) is 0 Å². The van der Waals surface area contributed by atoms with Crippen molar-refractivity contribution >= 4 is 38.9 Å². The molecular weight excluding hydrogens is 328 g/mol. The third kappa shape index (κ3) is 2.97. The first kappa shape index (κ1) is 14.1. The SMILES string of the molecule is COc1ccc(Br)cc1Nc1nc(N)ccc1[N+](=O)[O-]. The number of hydrogen-bond acceptors (Lipinski definition) is 6. The second kappa shape index (κ2) is 5.74. The van der Waals surface area contributed by atoms with Crippen molar-refractivity contribution in [1.82, 2.24) is 4.98 Å². The van der Waals surface area contributed by atoms with Crippen LogP contribution >= 0.6 is 15.9 Å². The molecule has 0 unspecified atom stereocenters. The molecule has 0 fully saturated rings. The molecule has 2 aromatic rings. The number of nitrogens with one attached hydrogen (secondary N) is 1. The normalized spacial score (nSPS) is 10.1. The van der Waals surface area contributed by atoms with E-state index in [0.717, 1.165) is 4.47 Å². The number of nitrogen functional groups attached to an aromatic ring is 1. The Bertz CT molecular complexity index is 663. The zero-order valence-corrected chi connectivity index (χ0v) is 12.0.